The van der Waals surface area contributed by atoms with E-state index in [2.05, 4.69) is 9.88 Å². The quantitative estimate of drug-likeness (QED) is 0.668. The highest BCUT2D eigenvalue weighted by atomic mass is 16.6. The van der Waals surface area contributed by atoms with Crippen LogP contribution in [0, 0.1) is 17.0 Å². The predicted molar refractivity (Wildman–Crippen MR) is 72.3 cm³/mol. The fourth-order valence-corrected chi connectivity index (χ4v) is 2.55. The Morgan fingerprint density at radius 2 is 2.32 bits per heavy atom. The highest BCUT2D eigenvalue weighted by Crippen LogP contribution is 2.26. The molecule has 1 aromatic heterocycles. The summed E-state index contributed by atoms with van der Waals surface area (Å²) in [4.78, 5) is 16.6. The van der Waals surface area contributed by atoms with Crippen molar-refractivity contribution in [3.05, 3.63) is 27.9 Å². The maximum absolute atomic E-state index is 10.8. The predicted octanol–water partition coefficient (Wildman–Crippen LogP) is 2.04. The van der Waals surface area contributed by atoms with E-state index in [1.165, 1.54) is 6.20 Å². The molecule has 0 bridgehead atoms. The second kappa shape index (κ2) is 5.97. The highest BCUT2D eigenvalue weighted by Gasteiger charge is 2.23. The summed E-state index contributed by atoms with van der Waals surface area (Å²) in [5.74, 6) is 0.726. The second-order valence-corrected chi connectivity index (χ2v) is 4.97. The topological polar surface area (TPSA) is 79.5 Å². The van der Waals surface area contributed by atoms with E-state index in [1.54, 1.807) is 13.0 Å². The number of nitro groups is 1. The summed E-state index contributed by atoms with van der Waals surface area (Å²) in [6, 6.07) is 1.81. The zero-order chi connectivity index (χ0) is 13.8. The first kappa shape index (κ1) is 13.7. The number of hydrogen-bond acceptors (Lipinski definition) is 5. The Morgan fingerprint density at radius 3 is 2.95 bits per heavy atom. The number of hydrogen-bond donors (Lipinski definition) is 1. The molecule has 1 aromatic rings. The lowest BCUT2D eigenvalue weighted by molar-refractivity contribution is -0.385. The SMILES string of the molecule is Cc1cc(N2CCCCCC2CO)ncc1[N+](=O)[O-]. The fraction of sp³-hybridized carbons (Fsp3) is 0.615. The molecule has 6 nitrogen and oxygen atoms in total. The van der Waals surface area contributed by atoms with Gasteiger partial charge in [-0.3, -0.25) is 10.1 Å². The largest absolute Gasteiger partial charge is 0.394 e. The van der Waals surface area contributed by atoms with Gasteiger partial charge in [0, 0.05) is 12.1 Å². The minimum atomic E-state index is -0.419. The number of anilines is 1. The lowest BCUT2D eigenvalue weighted by Gasteiger charge is -2.29. The van der Waals surface area contributed by atoms with Crippen molar-refractivity contribution in [2.75, 3.05) is 18.1 Å². The summed E-state index contributed by atoms with van der Waals surface area (Å²) in [6.45, 7) is 2.66. The van der Waals surface area contributed by atoms with Crippen LogP contribution in [0.25, 0.3) is 0 Å². The molecule has 2 rings (SSSR count). The Hall–Kier alpha value is -1.69. The molecule has 0 aliphatic carbocycles. The summed E-state index contributed by atoms with van der Waals surface area (Å²) in [5, 5.41) is 20.3. The van der Waals surface area contributed by atoms with E-state index < -0.39 is 4.92 Å². The number of aromatic nitrogens is 1. The first-order valence-electron chi connectivity index (χ1n) is 6.62. The smallest absolute Gasteiger partial charge is 0.290 e. The average molecular weight is 265 g/mol. The molecule has 0 radical (unpaired) electrons. The summed E-state index contributed by atoms with van der Waals surface area (Å²) in [5.41, 5.74) is 0.648. The van der Waals surface area contributed by atoms with Crippen molar-refractivity contribution in [2.45, 2.75) is 38.6 Å². The Morgan fingerprint density at radius 1 is 1.53 bits per heavy atom. The molecule has 1 unspecified atom stereocenters. The van der Waals surface area contributed by atoms with Gasteiger partial charge >= 0.3 is 0 Å². The van der Waals surface area contributed by atoms with Gasteiger partial charge in [0.15, 0.2) is 0 Å². The van der Waals surface area contributed by atoms with Crippen molar-refractivity contribution in [1.29, 1.82) is 0 Å². The van der Waals surface area contributed by atoms with E-state index in [1.807, 2.05) is 0 Å². The number of aliphatic hydroxyl groups excluding tert-OH is 1. The van der Waals surface area contributed by atoms with Crippen LogP contribution in [0.2, 0.25) is 0 Å². The maximum atomic E-state index is 10.8. The molecule has 19 heavy (non-hydrogen) atoms. The van der Waals surface area contributed by atoms with Gasteiger partial charge in [0.25, 0.3) is 5.69 Å². The Labute approximate surface area is 112 Å². The standard InChI is InChI=1S/C13H19N3O3/c1-10-7-13(14-8-12(10)16(18)19)15-6-4-2-3-5-11(15)9-17/h7-8,11,17H,2-6,9H2,1H3. The lowest BCUT2D eigenvalue weighted by Crippen LogP contribution is -2.38. The van der Waals surface area contributed by atoms with Gasteiger partial charge in [0.1, 0.15) is 12.0 Å². The van der Waals surface area contributed by atoms with Gasteiger partial charge in [0.05, 0.1) is 17.6 Å². The molecule has 6 heteroatoms. The minimum Gasteiger partial charge on any atom is -0.394 e. The van der Waals surface area contributed by atoms with Crippen molar-refractivity contribution in [3.63, 3.8) is 0 Å². The van der Waals surface area contributed by atoms with Crippen molar-refractivity contribution < 1.29 is 10.0 Å². The van der Waals surface area contributed by atoms with Gasteiger partial charge in [-0.2, -0.15) is 0 Å². The monoisotopic (exact) mass is 265 g/mol. The summed E-state index contributed by atoms with van der Waals surface area (Å²) < 4.78 is 0. The van der Waals surface area contributed by atoms with Crippen LogP contribution in [0.1, 0.15) is 31.2 Å². The van der Waals surface area contributed by atoms with E-state index in [-0.39, 0.29) is 18.3 Å². The first-order chi connectivity index (χ1) is 9.13. The van der Waals surface area contributed by atoms with Crippen molar-refractivity contribution in [1.82, 2.24) is 4.98 Å². The number of aryl methyl sites for hydroxylation is 1. The highest BCUT2D eigenvalue weighted by molar-refractivity contribution is 5.49. The van der Waals surface area contributed by atoms with Crippen LogP contribution in [-0.4, -0.2) is 34.2 Å². The Bertz CT molecular complexity index is 464. The van der Waals surface area contributed by atoms with Gasteiger partial charge in [-0.25, -0.2) is 4.98 Å². The van der Waals surface area contributed by atoms with E-state index in [0.717, 1.165) is 38.0 Å². The molecule has 1 aliphatic rings. The summed E-state index contributed by atoms with van der Waals surface area (Å²) in [7, 11) is 0. The number of aliphatic hydroxyl groups is 1. The Kier molecular flexibility index (Phi) is 4.31. The van der Waals surface area contributed by atoms with E-state index >= 15 is 0 Å². The van der Waals surface area contributed by atoms with Crippen molar-refractivity contribution >= 4 is 11.5 Å². The van der Waals surface area contributed by atoms with Gasteiger partial charge in [0.2, 0.25) is 0 Å². The molecule has 0 spiro atoms. The Balaban J connectivity index is 2.28. The van der Waals surface area contributed by atoms with Crippen LogP contribution in [0.4, 0.5) is 11.5 Å². The molecule has 0 aromatic carbocycles. The van der Waals surface area contributed by atoms with Gasteiger partial charge in [-0.1, -0.05) is 12.8 Å². The lowest BCUT2D eigenvalue weighted by atomic mass is 10.1. The van der Waals surface area contributed by atoms with Crippen LogP contribution >= 0.6 is 0 Å². The van der Waals surface area contributed by atoms with Gasteiger partial charge in [-0.15, -0.1) is 0 Å². The number of pyridine rings is 1. The third kappa shape index (κ3) is 3.01. The van der Waals surface area contributed by atoms with Crippen molar-refractivity contribution in [3.8, 4) is 0 Å². The molecule has 1 saturated heterocycles. The molecule has 1 aliphatic heterocycles. The van der Waals surface area contributed by atoms with Crippen LogP contribution < -0.4 is 4.90 Å². The third-order valence-electron chi connectivity index (χ3n) is 3.65. The van der Waals surface area contributed by atoms with Gasteiger partial charge < -0.3 is 10.0 Å². The second-order valence-electron chi connectivity index (χ2n) is 4.97. The molecular weight excluding hydrogens is 246 g/mol. The van der Waals surface area contributed by atoms with Crippen LogP contribution in [0.3, 0.4) is 0 Å². The molecule has 1 atom stereocenters. The van der Waals surface area contributed by atoms with Crippen molar-refractivity contribution in [2.24, 2.45) is 0 Å². The minimum absolute atomic E-state index is 0.0409. The molecule has 2 heterocycles. The normalized spacial score (nSPS) is 20.1. The summed E-state index contributed by atoms with van der Waals surface area (Å²) >= 11 is 0. The zero-order valence-corrected chi connectivity index (χ0v) is 11.1. The molecule has 0 amide bonds. The molecule has 1 fully saturated rings. The first-order valence-corrected chi connectivity index (χ1v) is 6.62. The van der Waals surface area contributed by atoms with E-state index in [4.69, 9.17) is 0 Å². The van der Waals surface area contributed by atoms with Crippen LogP contribution in [0.5, 0.6) is 0 Å². The molecule has 1 N–H and O–H groups in total. The maximum Gasteiger partial charge on any atom is 0.290 e. The average Bonchev–Trinajstić information content (AvgIpc) is 2.63. The van der Waals surface area contributed by atoms with Crippen LogP contribution in [-0.2, 0) is 0 Å². The van der Waals surface area contributed by atoms with Gasteiger partial charge in [-0.05, 0) is 25.8 Å². The summed E-state index contributed by atoms with van der Waals surface area (Å²) in [6.07, 6.45) is 5.57. The molecule has 0 saturated carbocycles. The fourth-order valence-electron chi connectivity index (χ4n) is 2.55. The third-order valence-corrected chi connectivity index (χ3v) is 3.65. The number of nitrogens with zero attached hydrogens (tertiary/aromatic N) is 3. The van der Waals surface area contributed by atoms with E-state index in [0.29, 0.717) is 5.56 Å². The molecule has 104 valence electrons. The van der Waals surface area contributed by atoms with E-state index in [9.17, 15) is 15.2 Å². The zero-order valence-electron chi connectivity index (χ0n) is 11.1. The molecular formula is C13H19N3O3. The van der Waals surface area contributed by atoms with Crippen LogP contribution in [0.15, 0.2) is 12.3 Å². The number of rotatable bonds is 3.